The summed E-state index contributed by atoms with van der Waals surface area (Å²) in [5.74, 6) is 0. The molecule has 0 spiro atoms. The number of nitrogens with zero attached hydrogens (tertiary/aromatic N) is 2. The predicted octanol–water partition coefficient (Wildman–Crippen LogP) is 2.04. The molecule has 0 radical (unpaired) electrons. The van der Waals surface area contributed by atoms with Crippen LogP contribution in [0.1, 0.15) is 48.1 Å². The zero-order valence-electron chi connectivity index (χ0n) is 15.6. The lowest BCUT2D eigenvalue weighted by molar-refractivity contribution is -0.596. The maximum atomic E-state index is 12.6. The van der Waals surface area contributed by atoms with Gasteiger partial charge in [0, 0.05) is 22.6 Å². The van der Waals surface area contributed by atoms with Gasteiger partial charge in [-0.1, -0.05) is 11.8 Å². The van der Waals surface area contributed by atoms with Gasteiger partial charge in [0.15, 0.2) is 10.1 Å². The Labute approximate surface area is 169 Å². The Morgan fingerprint density at radius 1 is 1.03 bits per heavy atom. The van der Waals surface area contributed by atoms with Crippen molar-refractivity contribution >= 4 is 27.4 Å². The average molecular weight is 451 g/mol. The molecule has 0 saturated carbocycles. The minimum Gasteiger partial charge on any atom is -0.741 e. The summed E-state index contributed by atoms with van der Waals surface area (Å²) >= 11 is 1.50. The molecule has 7 nitrogen and oxygen atoms in total. The third-order valence-corrected chi connectivity index (χ3v) is 6.26. The lowest BCUT2D eigenvalue weighted by atomic mass is 9.83. The second-order valence-corrected chi connectivity index (χ2v) is 9.09. The SMILES string of the molecule is CSc1n[n+]2c3c(c4c(c2c(=O)[nH]1)CCCC4)CCCC3.O=S(=O)([O-])C(F)(F)F. The molecule has 0 atom stereocenters. The van der Waals surface area contributed by atoms with Gasteiger partial charge in [0.25, 0.3) is 0 Å². The van der Waals surface area contributed by atoms with Crippen LogP contribution in [-0.4, -0.2) is 34.8 Å². The van der Waals surface area contributed by atoms with Crippen LogP contribution in [0, 0.1) is 0 Å². The maximum absolute atomic E-state index is 12.6. The third kappa shape index (κ3) is 4.43. The molecule has 2 aliphatic carbocycles. The fourth-order valence-electron chi connectivity index (χ4n) is 3.92. The van der Waals surface area contributed by atoms with E-state index in [0.717, 1.165) is 31.2 Å². The van der Waals surface area contributed by atoms with Crippen LogP contribution in [-0.2, 0) is 35.8 Å². The molecule has 12 heteroatoms. The summed E-state index contributed by atoms with van der Waals surface area (Å²) in [6.45, 7) is 0. The van der Waals surface area contributed by atoms with E-state index >= 15 is 0 Å². The van der Waals surface area contributed by atoms with Crippen molar-refractivity contribution in [1.82, 2.24) is 10.1 Å². The molecular weight excluding hydrogens is 431 g/mol. The second kappa shape index (κ2) is 8.23. The summed E-state index contributed by atoms with van der Waals surface area (Å²) in [6, 6.07) is 0. The van der Waals surface area contributed by atoms with Gasteiger partial charge in [0.2, 0.25) is 10.9 Å². The number of thioether (sulfide) groups is 1. The minimum atomic E-state index is -6.09. The van der Waals surface area contributed by atoms with Gasteiger partial charge in [-0.15, -0.1) is 0 Å². The highest BCUT2D eigenvalue weighted by Gasteiger charge is 2.37. The van der Waals surface area contributed by atoms with Gasteiger partial charge in [-0.3, -0.25) is 9.78 Å². The predicted molar refractivity (Wildman–Crippen MR) is 98.8 cm³/mol. The molecule has 0 aromatic carbocycles. The Balaban J connectivity index is 0.000000258. The van der Waals surface area contributed by atoms with Gasteiger partial charge in [-0.05, 0) is 61.3 Å². The Morgan fingerprint density at radius 3 is 2.10 bits per heavy atom. The Hall–Kier alpha value is -1.66. The molecule has 0 fully saturated rings. The van der Waals surface area contributed by atoms with Crippen LogP contribution in [0.4, 0.5) is 13.2 Å². The molecule has 29 heavy (non-hydrogen) atoms. The largest absolute Gasteiger partial charge is 0.741 e. The van der Waals surface area contributed by atoms with E-state index in [0.29, 0.717) is 5.16 Å². The van der Waals surface area contributed by atoms with Gasteiger partial charge in [-0.2, -0.15) is 13.2 Å². The molecule has 2 aromatic rings. The highest BCUT2D eigenvalue weighted by Crippen LogP contribution is 2.31. The van der Waals surface area contributed by atoms with Crippen molar-refractivity contribution in [2.24, 2.45) is 0 Å². The van der Waals surface area contributed by atoms with Gasteiger partial charge in [0.05, 0.1) is 0 Å². The zero-order valence-corrected chi connectivity index (χ0v) is 17.3. The lowest BCUT2D eigenvalue weighted by Gasteiger charge is -2.22. The van der Waals surface area contributed by atoms with Gasteiger partial charge in [-0.25, -0.2) is 8.42 Å². The number of hydrogen-bond acceptors (Lipinski definition) is 6. The lowest BCUT2D eigenvalue weighted by Crippen LogP contribution is -2.43. The van der Waals surface area contributed by atoms with E-state index in [-0.39, 0.29) is 5.56 Å². The van der Waals surface area contributed by atoms with Crippen LogP contribution in [0.3, 0.4) is 0 Å². The summed E-state index contributed by atoms with van der Waals surface area (Å²) in [5, 5.41) is 5.41. The number of halogens is 3. The number of H-pyrrole nitrogens is 1. The van der Waals surface area contributed by atoms with Crippen LogP contribution in [0.2, 0.25) is 0 Å². The van der Waals surface area contributed by atoms with Crippen LogP contribution < -0.4 is 10.1 Å². The topological polar surface area (TPSA) is 107 Å². The molecule has 0 amide bonds. The summed E-state index contributed by atoms with van der Waals surface area (Å²) < 4.78 is 60.9. The van der Waals surface area contributed by atoms with E-state index in [1.165, 1.54) is 59.8 Å². The first kappa shape index (κ1) is 22.0. The van der Waals surface area contributed by atoms with E-state index in [1.807, 2.05) is 10.8 Å². The Bertz CT molecular complexity index is 1100. The number of rotatable bonds is 1. The third-order valence-electron chi connectivity index (χ3n) is 5.13. The van der Waals surface area contributed by atoms with Gasteiger partial charge in [0.1, 0.15) is 0 Å². The molecule has 0 aliphatic heterocycles. The van der Waals surface area contributed by atoms with Crippen LogP contribution >= 0.6 is 11.8 Å². The van der Waals surface area contributed by atoms with E-state index in [9.17, 15) is 18.0 Å². The molecule has 2 aromatic heterocycles. The first-order chi connectivity index (χ1) is 13.5. The van der Waals surface area contributed by atoms with E-state index in [2.05, 4.69) is 4.98 Å². The minimum absolute atomic E-state index is 0.0286. The van der Waals surface area contributed by atoms with Crippen molar-refractivity contribution in [2.45, 2.75) is 62.0 Å². The molecular formula is C17H20F3N3O4S2. The summed E-state index contributed by atoms with van der Waals surface area (Å²) in [7, 11) is -6.09. The van der Waals surface area contributed by atoms with E-state index < -0.39 is 15.6 Å². The standard InChI is InChI=1S/C16H19N3OS.CHF3O3S/c1-21-16-17-15(20)14-12-8-3-2-6-10(12)11-7-4-5-9-13(11)19(14)18-16;2-1(3,4)8(5,6)7/h2-9H2,1H3;(H,5,6,7). The fourth-order valence-corrected chi connectivity index (χ4v) is 4.28. The van der Waals surface area contributed by atoms with Crippen molar-refractivity contribution in [3.05, 3.63) is 32.7 Å². The molecule has 0 saturated heterocycles. The fraction of sp³-hybridized carbons (Fsp3) is 0.588. The average Bonchev–Trinajstić information content (AvgIpc) is 2.66. The number of hydrogen-bond donors (Lipinski definition) is 1. The van der Waals surface area contributed by atoms with Crippen molar-refractivity contribution < 1.29 is 30.7 Å². The van der Waals surface area contributed by atoms with Crippen molar-refractivity contribution in [1.29, 1.82) is 0 Å². The van der Waals surface area contributed by atoms with E-state index in [1.54, 1.807) is 0 Å². The number of aromatic amines is 1. The van der Waals surface area contributed by atoms with Gasteiger partial charge < -0.3 is 4.55 Å². The van der Waals surface area contributed by atoms with Gasteiger partial charge >= 0.3 is 16.6 Å². The number of fused-ring (bicyclic) bond motifs is 6. The first-order valence-corrected chi connectivity index (χ1v) is 11.8. The van der Waals surface area contributed by atoms with Crippen LogP contribution in [0.5, 0.6) is 0 Å². The number of nitrogens with one attached hydrogen (secondary N) is 1. The van der Waals surface area contributed by atoms with Crippen molar-refractivity contribution in [2.75, 3.05) is 6.26 Å². The molecule has 0 unspecified atom stereocenters. The normalized spacial score (nSPS) is 16.6. The molecule has 160 valence electrons. The Morgan fingerprint density at radius 2 is 1.55 bits per heavy atom. The summed E-state index contributed by atoms with van der Waals surface area (Å²) in [6.07, 6.45) is 11.2. The monoisotopic (exact) mass is 451 g/mol. The van der Waals surface area contributed by atoms with Crippen LogP contribution in [0.15, 0.2) is 9.95 Å². The highest BCUT2D eigenvalue weighted by molar-refractivity contribution is 7.98. The smallest absolute Gasteiger partial charge is 0.485 e. The number of pyridine rings is 1. The molecule has 2 aliphatic rings. The number of alkyl halides is 3. The number of aryl methyl sites for hydroxylation is 2. The second-order valence-electron chi connectivity index (χ2n) is 6.92. The summed E-state index contributed by atoms with van der Waals surface area (Å²) in [5.41, 5.74) is 0.719. The quantitative estimate of drug-likeness (QED) is 0.308. The zero-order chi connectivity index (χ0) is 21.4. The summed E-state index contributed by atoms with van der Waals surface area (Å²) in [4.78, 5) is 15.5. The first-order valence-electron chi connectivity index (χ1n) is 9.12. The van der Waals surface area contributed by atoms with Crippen molar-refractivity contribution in [3.63, 3.8) is 0 Å². The van der Waals surface area contributed by atoms with E-state index in [4.69, 9.17) is 18.1 Å². The molecule has 2 heterocycles. The molecule has 1 N–H and O–H groups in total. The molecule has 4 rings (SSSR count). The van der Waals surface area contributed by atoms with Crippen LogP contribution in [0.25, 0.3) is 5.52 Å². The molecule has 0 bridgehead atoms. The maximum Gasteiger partial charge on any atom is 0.485 e. The number of aromatic nitrogens is 3. The van der Waals surface area contributed by atoms with Crippen molar-refractivity contribution in [3.8, 4) is 0 Å². The Kier molecular flexibility index (Phi) is 6.25. The highest BCUT2D eigenvalue weighted by atomic mass is 32.2.